The van der Waals surface area contributed by atoms with Gasteiger partial charge in [0, 0.05) is 6.04 Å². The molecular weight excluding hydrogens is 158 g/mol. The van der Waals surface area contributed by atoms with Gasteiger partial charge in [-0.05, 0) is 43.6 Å². The third-order valence-corrected chi connectivity index (χ3v) is 3.60. The molecule has 0 aromatic rings. The molecule has 0 aliphatic heterocycles. The Morgan fingerprint density at radius 3 is 2.77 bits per heavy atom. The second-order valence-electron chi connectivity index (χ2n) is 5.26. The Morgan fingerprint density at radius 2 is 2.23 bits per heavy atom. The van der Waals surface area contributed by atoms with E-state index in [9.17, 15) is 0 Å². The monoisotopic (exact) mass is 179 g/mol. The highest BCUT2D eigenvalue weighted by molar-refractivity contribution is 5.01. The van der Waals surface area contributed by atoms with Crippen molar-refractivity contribution in [2.45, 2.75) is 45.6 Å². The minimum atomic E-state index is 0.630. The van der Waals surface area contributed by atoms with Crippen LogP contribution in [0.3, 0.4) is 0 Å². The first-order valence-corrected chi connectivity index (χ1v) is 5.58. The lowest BCUT2D eigenvalue weighted by atomic mass is 10.0. The van der Waals surface area contributed by atoms with Crippen LogP contribution in [-0.2, 0) is 0 Å². The molecule has 0 spiro atoms. The van der Waals surface area contributed by atoms with Crippen molar-refractivity contribution in [1.29, 1.82) is 0 Å². The number of nitrogens with one attached hydrogen (secondary N) is 1. The summed E-state index contributed by atoms with van der Waals surface area (Å²) in [5.74, 6) is 0.933. The van der Waals surface area contributed by atoms with Gasteiger partial charge in [0.15, 0.2) is 0 Å². The van der Waals surface area contributed by atoms with Crippen LogP contribution in [-0.4, -0.2) is 12.6 Å². The maximum Gasteiger partial charge on any atom is 0.0250 e. The van der Waals surface area contributed by atoms with E-state index in [-0.39, 0.29) is 0 Å². The lowest BCUT2D eigenvalue weighted by molar-refractivity contribution is 0.468. The summed E-state index contributed by atoms with van der Waals surface area (Å²) in [6, 6.07) is 0.671. The maximum atomic E-state index is 3.65. The standard InChI is InChI=1S/C12H21N/c1-12(2)8-10(12)9-13-11-6-4-3-5-7-11/h4,6,10-11,13H,3,5,7-9H2,1-2H3. The SMILES string of the molecule is CC1(C)CC1CNC1C=CCCC1. The largest absolute Gasteiger partial charge is 0.310 e. The summed E-state index contributed by atoms with van der Waals surface area (Å²) in [6.07, 6.45) is 10.1. The fourth-order valence-corrected chi connectivity index (χ4v) is 2.20. The normalized spacial score (nSPS) is 36.2. The molecule has 0 radical (unpaired) electrons. The highest BCUT2D eigenvalue weighted by Gasteiger charge is 2.44. The quantitative estimate of drug-likeness (QED) is 0.657. The van der Waals surface area contributed by atoms with Gasteiger partial charge < -0.3 is 5.32 Å². The van der Waals surface area contributed by atoms with E-state index < -0.39 is 0 Å². The smallest absolute Gasteiger partial charge is 0.0250 e. The van der Waals surface area contributed by atoms with Crippen LogP contribution in [0, 0.1) is 11.3 Å². The van der Waals surface area contributed by atoms with Gasteiger partial charge in [0.05, 0.1) is 0 Å². The van der Waals surface area contributed by atoms with Crippen molar-refractivity contribution in [3.05, 3.63) is 12.2 Å². The van der Waals surface area contributed by atoms with E-state index in [4.69, 9.17) is 0 Å². The number of hydrogen-bond donors (Lipinski definition) is 1. The summed E-state index contributed by atoms with van der Waals surface area (Å²) in [5, 5.41) is 3.65. The molecule has 1 nitrogen and oxygen atoms in total. The van der Waals surface area contributed by atoms with Gasteiger partial charge in [0.2, 0.25) is 0 Å². The van der Waals surface area contributed by atoms with Gasteiger partial charge in [-0.1, -0.05) is 26.0 Å². The first-order valence-electron chi connectivity index (χ1n) is 5.58. The Hall–Kier alpha value is -0.300. The Labute approximate surface area is 81.6 Å². The molecular formula is C12H21N. The maximum absolute atomic E-state index is 3.65. The molecule has 1 N–H and O–H groups in total. The predicted octanol–water partition coefficient (Wildman–Crippen LogP) is 2.73. The van der Waals surface area contributed by atoms with Crippen LogP contribution in [0.15, 0.2) is 12.2 Å². The van der Waals surface area contributed by atoms with Gasteiger partial charge in [-0.15, -0.1) is 0 Å². The van der Waals surface area contributed by atoms with Crippen LogP contribution in [0.1, 0.15) is 39.5 Å². The van der Waals surface area contributed by atoms with E-state index in [0.717, 1.165) is 5.92 Å². The van der Waals surface area contributed by atoms with Crippen molar-refractivity contribution in [2.24, 2.45) is 11.3 Å². The highest BCUT2D eigenvalue weighted by Crippen LogP contribution is 2.51. The third kappa shape index (κ3) is 2.34. The first-order chi connectivity index (χ1) is 6.18. The van der Waals surface area contributed by atoms with E-state index >= 15 is 0 Å². The van der Waals surface area contributed by atoms with Crippen LogP contribution in [0.25, 0.3) is 0 Å². The van der Waals surface area contributed by atoms with Crippen molar-refractivity contribution in [3.8, 4) is 0 Å². The zero-order chi connectivity index (χ0) is 9.31. The van der Waals surface area contributed by atoms with Crippen molar-refractivity contribution in [3.63, 3.8) is 0 Å². The van der Waals surface area contributed by atoms with E-state index in [1.54, 1.807) is 0 Å². The highest BCUT2D eigenvalue weighted by atomic mass is 14.9. The molecule has 1 fully saturated rings. The van der Waals surface area contributed by atoms with Gasteiger partial charge in [0.25, 0.3) is 0 Å². The third-order valence-electron chi connectivity index (χ3n) is 3.60. The first kappa shape index (κ1) is 9.26. The zero-order valence-corrected chi connectivity index (χ0v) is 8.84. The van der Waals surface area contributed by atoms with Gasteiger partial charge in [-0.2, -0.15) is 0 Å². The molecule has 2 atom stereocenters. The zero-order valence-electron chi connectivity index (χ0n) is 8.84. The average molecular weight is 179 g/mol. The molecule has 1 heteroatoms. The van der Waals surface area contributed by atoms with Gasteiger partial charge in [0.1, 0.15) is 0 Å². The fourth-order valence-electron chi connectivity index (χ4n) is 2.20. The van der Waals surface area contributed by atoms with E-state index in [2.05, 4.69) is 31.3 Å². The van der Waals surface area contributed by atoms with Crippen LogP contribution in [0.2, 0.25) is 0 Å². The minimum absolute atomic E-state index is 0.630. The molecule has 0 aromatic heterocycles. The molecule has 2 aliphatic rings. The van der Waals surface area contributed by atoms with Crippen LogP contribution in [0.5, 0.6) is 0 Å². The molecule has 2 rings (SSSR count). The van der Waals surface area contributed by atoms with Crippen LogP contribution >= 0.6 is 0 Å². The summed E-state index contributed by atoms with van der Waals surface area (Å²) in [5.41, 5.74) is 0.630. The predicted molar refractivity (Wildman–Crippen MR) is 56.7 cm³/mol. The second-order valence-corrected chi connectivity index (χ2v) is 5.26. The van der Waals surface area contributed by atoms with Gasteiger partial charge >= 0.3 is 0 Å². The van der Waals surface area contributed by atoms with Gasteiger partial charge in [-0.3, -0.25) is 0 Å². The topological polar surface area (TPSA) is 12.0 Å². The van der Waals surface area contributed by atoms with E-state index in [1.165, 1.54) is 32.2 Å². The fraction of sp³-hybridized carbons (Fsp3) is 0.833. The number of rotatable bonds is 3. The van der Waals surface area contributed by atoms with Crippen molar-refractivity contribution >= 4 is 0 Å². The summed E-state index contributed by atoms with van der Waals surface area (Å²) >= 11 is 0. The lowest BCUT2D eigenvalue weighted by Crippen LogP contribution is -2.30. The Kier molecular flexibility index (Phi) is 2.46. The van der Waals surface area contributed by atoms with Crippen molar-refractivity contribution < 1.29 is 0 Å². The molecule has 0 saturated heterocycles. The van der Waals surface area contributed by atoms with Crippen LogP contribution < -0.4 is 5.32 Å². The van der Waals surface area contributed by atoms with Crippen molar-refractivity contribution in [1.82, 2.24) is 5.32 Å². The number of hydrogen-bond acceptors (Lipinski definition) is 1. The second kappa shape index (κ2) is 3.45. The van der Waals surface area contributed by atoms with Crippen LogP contribution in [0.4, 0.5) is 0 Å². The van der Waals surface area contributed by atoms with Gasteiger partial charge in [-0.25, -0.2) is 0 Å². The molecule has 1 saturated carbocycles. The average Bonchev–Trinajstić information content (AvgIpc) is 2.73. The summed E-state index contributed by atoms with van der Waals surface area (Å²) in [7, 11) is 0. The molecule has 0 bridgehead atoms. The Bertz CT molecular complexity index is 205. The minimum Gasteiger partial charge on any atom is -0.310 e. The van der Waals surface area contributed by atoms with Crippen molar-refractivity contribution in [2.75, 3.05) is 6.54 Å². The Balaban J connectivity index is 1.68. The summed E-state index contributed by atoms with van der Waals surface area (Å²) in [4.78, 5) is 0. The molecule has 74 valence electrons. The van der Waals surface area contributed by atoms with E-state index in [0.29, 0.717) is 11.5 Å². The summed E-state index contributed by atoms with van der Waals surface area (Å²) in [6.45, 7) is 5.97. The molecule has 13 heavy (non-hydrogen) atoms. The molecule has 2 aliphatic carbocycles. The molecule has 0 heterocycles. The molecule has 2 unspecified atom stereocenters. The molecule has 0 aromatic carbocycles. The number of allylic oxidation sites excluding steroid dienone is 1. The van der Waals surface area contributed by atoms with E-state index in [1.807, 2.05) is 0 Å². The Morgan fingerprint density at radius 1 is 1.46 bits per heavy atom. The molecule has 0 amide bonds. The lowest BCUT2D eigenvalue weighted by Gasteiger charge is -2.18. The summed E-state index contributed by atoms with van der Waals surface area (Å²) < 4.78 is 0.